The molecule has 0 aromatic carbocycles. The summed E-state index contributed by atoms with van der Waals surface area (Å²) in [5.74, 6) is 0. The molecule has 0 amide bonds. The van der Waals surface area contributed by atoms with E-state index in [2.05, 4.69) is 38.3 Å². The second-order valence-corrected chi connectivity index (χ2v) is 7.48. The van der Waals surface area contributed by atoms with Crippen LogP contribution in [0.15, 0.2) is 0 Å². The fourth-order valence-corrected chi connectivity index (χ4v) is 3.43. The summed E-state index contributed by atoms with van der Waals surface area (Å²) >= 11 is 0. The van der Waals surface area contributed by atoms with Crippen LogP contribution in [0, 0.1) is 0 Å². The number of nitrogens with one attached hydrogen (secondary N) is 2. The molecule has 0 aromatic heterocycles. The van der Waals surface area contributed by atoms with Gasteiger partial charge in [0.15, 0.2) is 0 Å². The van der Waals surface area contributed by atoms with Crippen molar-refractivity contribution in [1.82, 2.24) is 15.9 Å². The van der Waals surface area contributed by atoms with Gasteiger partial charge in [-0.05, 0) is 53.5 Å². The van der Waals surface area contributed by atoms with Crippen LogP contribution in [0.5, 0.6) is 0 Å². The molecule has 23 heavy (non-hydrogen) atoms. The van der Waals surface area contributed by atoms with Crippen LogP contribution in [-0.4, -0.2) is 72.1 Å². The first-order valence-electron chi connectivity index (χ1n) is 8.56. The predicted molar refractivity (Wildman–Crippen MR) is 89.7 cm³/mol. The van der Waals surface area contributed by atoms with Gasteiger partial charge in [-0.25, -0.2) is 0 Å². The first-order valence-corrected chi connectivity index (χ1v) is 8.56. The lowest BCUT2D eigenvalue weighted by molar-refractivity contribution is -0.371. The van der Waals surface area contributed by atoms with E-state index < -0.39 is 0 Å². The maximum absolute atomic E-state index is 8.81. The minimum absolute atomic E-state index is 0.0591. The van der Waals surface area contributed by atoms with Crippen LogP contribution in [0.1, 0.15) is 47.0 Å². The number of hydrogen-bond acceptors (Lipinski definition) is 7. The Morgan fingerprint density at radius 1 is 1.04 bits per heavy atom. The van der Waals surface area contributed by atoms with Crippen LogP contribution in [0.25, 0.3) is 0 Å². The highest BCUT2D eigenvalue weighted by Crippen LogP contribution is 2.28. The third-order valence-electron chi connectivity index (χ3n) is 3.79. The van der Waals surface area contributed by atoms with E-state index in [1.54, 1.807) is 0 Å². The van der Waals surface area contributed by atoms with Crippen LogP contribution in [0.4, 0.5) is 0 Å². The SMILES string of the molecule is CC1(C)CC(NCCCN(OCCO)OCCO)CC(C)(C)N1. The fourth-order valence-electron chi connectivity index (χ4n) is 3.43. The maximum Gasteiger partial charge on any atom is 0.0942 e. The molecule has 0 unspecified atom stereocenters. The van der Waals surface area contributed by atoms with Crippen LogP contribution in [-0.2, 0) is 9.68 Å². The zero-order valence-electron chi connectivity index (χ0n) is 15.1. The van der Waals surface area contributed by atoms with Crippen molar-refractivity contribution < 1.29 is 19.9 Å². The van der Waals surface area contributed by atoms with E-state index in [9.17, 15) is 0 Å². The van der Waals surface area contributed by atoms with Crippen molar-refractivity contribution in [3.63, 3.8) is 0 Å². The summed E-state index contributed by atoms with van der Waals surface area (Å²) in [6.07, 6.45) is 3.06. The zero-order chi connectivity index (χ0) is 17.3. The Kier molecular flexibility index (Phi) is 8.92. The molecule has 0 radical (unpaired) electrons. The summed E-state index contributed by atoms with van der Waals surface area (Å²) in [4.78, 5) is 10.5. The van der Waals surface area contributed by atoms with Crippen LogP contribution in [0.3, 0.4) is 0 Å². The number of piperidine rings is 1. The first kappa shape index (κ1) is 20.8. The van der Waals surface area contributed by atoms with Crippen molar-refractivity contribution in [3.05, 3.63) is 0 Å². The van der Waals surface area contributed by atoms with Gasteiger partial charge in [-0.15, -0.1) is 0 Å². The standard InChI is InChI=1S/C16H35N3O4/c1-15(2)12-14(13-16(3,4)18-15)17-6-5-7-19(22-10-8-20)23-11-9-21/h14,17-18,20-21H,5-13H2,1-4H3. The molecule has 1 heterocycles. The molecule has 0 aliphatic carbocycles. The van der Waals surface area contributed by atoms with E-state index in [-0.39, 0.29) is 37.5 Å². The summed E-state index contributed by atoms with van der Waals surface area (Å²) in [7, 11) is 0. The van der Waals surface area contributed by atoms with Crippen molar-refractivity contribution in [3.8, 4) is 0 Å². The Balaban J connectivity index is 2.28. The number of rotatable bonds is 11. The average Bonchev–Trinajstić information content (AvgIpc) is 2.42. The third-order valence-corrected chi connectivity index (χ3v) is 3.79. The van der Waals surface area contributed by atoms with Crippen LogP contribution >= 0.6 is 0 Å². The van der Waals surface area contributed by atoms with E-state index in [0.29, 0.717) is 12.6 Å². The summed E-state index contributed by atoms with van der Waals surface area (Å²) in [6, 6.07) is 0.492. The quantitative estimate of drug-likeness (QED) is 0.322. The molecule has 1 aliphatic rings. The maximum atomic E-state index is 8.81. The molecule has 0 spiro atoms. The number of aliphatic hydroxyl groups excluding tert-OH is 2. The second-order valence-electron chi connectivity index (χ2n) is 7.48. The Bertz CT molecular complexity index is 302. The normalized spacial score (nSPS) is 21.0. The zero-order valence-corrected chi connectivity index (χ0v) is 15.1. The van der Waals surface area contributed by atoms with Crippen molar-refractivity contribution >= 4 is 0 Å². The molecule has 1 fully saturated rings. The summed E-state index contributed by atoms with van der Waals surface area (Å²) in [5, 5.41) is 26.3. The first-order chi connectivity index (χ1) is 10.8. The molecule has 7 heteroatoms. The molecular weight excluding hydrogens is 298 g/mol. The molecule has 1 rings (SSSR count). The number of aliphatic hydroxyl groups is 2. The van der Waals surface area contributed by atoms with E-state index in [4.69, 9.17) is 19.9 Å². The van der Waals surface area contributed by atoms with Gasteiger partial charge in [-0.3, -0.25) is 9.68 Å². The van der Waals surface area contributed by atoms with Gasteiger partial charge >= 0.3 is 0 Å². The predicted octanol–water partition coefficient (Wildman–Crippen LogP) is 0.425. The molecule has 0 saturated carbocycles. The topological polar surface area (TPSA) is 86.2 Å². The highest BCUT2D eigenvalue weighted by atomic mass is 16.9. The molecule has 1 aliphatic heterocycles. The molecule has 7 nitrogen and oxygen atoms in total. The molecule has 4 N–H and O–H groups in total. The lowest BCUT2D eigenvalue weighted by Crippen LogP contribution is -2.61. The van der Waals surface area contributed by atoms with Gasteiger partial charge < -0.3 is 20.8 Å². The van der Waals surface area contributed by atoms with Gasteiger partial charge in [0, 0.05) is 17.1 Å². The van der Waals surface area contributed by atoms with Crippen molar-refractivity contribution in [2.75, 3.05) is 39.5 Å². The summed E-state index contributed by atoms with van der Waals surface area (Å²) in [5.41, 5.74) is 0.278. The molecular formula is C16H35N3O4. The van der Waals surface area contributed by atoms with Gasteiger partial charge in [-0.1, -0.05) is 5.23 Å². The van der Waals surface area contributed by atoms with E-state index in [1.165, 1.54) is 5.23 Å². The van der Waals surface area contributed by atoms with Crippen LogP contribution < -0.4 is 10.6 Å². The van der Waals surface area contributed by atoms with Crippen molar-refractivity contribution in [2.24, 2.45) is 0 Å². The lowest BCUT2D eigenvalue weighted by Gasteiger charge is -2.46. The Hall–Kier alpha value is -0.280. The van der Waals surface area contributed by atoms with E-state index >= 15 is 0 Å². The Labute approximate surface area is 140 Å². The summed E-state index contributed by atoms with van der Waals surface area (Å²) < 4.78 is 0. The van der Waals surface area contributed by atoms with E-state index in [1.807, 2.05) is 0 Å². The fraction of sp³-hybridized carbons (Fsp3) is 1.00. The molecule has 0 aromatic rings. The van der Waals surface area contributed by atoms with Gasteiger partial charge in [0.1, 0.15) is 0 Å². The second kappa shape index (κ2) is 9.88. The molecule has 138 valence electrons. The minimum atomic E-state index is -0.0591. The smallest absolute Gasteiger partial charge is 0.0942 e. The summed E-state index contributed by atoms with van der Waals surface area (Å²) in [6.45, 7) is 10.7. The molecule has 0 atom stereocenters. The van der Waals surface area contributed by atoms with Gasteiger partial charge in [0.2, 0.25) is 0 Å². The van der Waals surface area contributed by atoms with E-state index in [0.717, 1.165) is 25.8 Å². The van der Waals surface area contributed by atoms with Crippen molar-refractivity contribution in [2.45, 2.75) is 64.1 Å². The lowest BCUT2D eigenvalue weighted by atomic mass is 9.79. The van der Waals surface area contributed by atoms with Crippen molar-refractivity contribution in [1.29, 1.82) is 0 Å². The molecule has 0 bridgehead atoms. The van der Waals surface area contributed by atoms with Gasteiger partial charge in [0.05, 0.1) is 33.0 Å². The Morgan fingerprint density at radius 2 is 1.57 bits per heavy atom. The average molecular weight is 333 g/mol. The molecule has 1 saturated heterocycles. The third kappa shape index (κ3) is 8.95. The van der Waals surface area contributed by atoms with Gasteiger partial charge in [0.25, 0.3) is 0 Å². The number of nitrogens with zero attached hydrogens (tertiary/aromatic N) is 1. The minimum Gasteiger partial charge on any atom is -0.394 e. The highest BCUT2D eigenvalue weighted by Gasteiger charge is 2.37. The monoisotopic (exact) mass is 333 g/mol. The largest absolute Gasteiger partial charge is 0.394 e. The number of hydrogen-bond donors (Lipinski definition) is 4. The van der Waals surface area contributed by atoms with Gasteiger partial charge in [-0.2, -0.15) is 0 Å². The number of hydroxylamine groups is 2. The Morgan fingerprint density at radius 3 is 2.04 bits per heavy atom. The van der Waals surface area contributed by atoms with Crippen LogP contribution in [0.2, 0.25) is 0 Å². The highest BCUT2D eigenvalue weighted by molar-refractivity contribution is 4.99.